The Bertz CT molecular complexity index is 691. The van der Waals surface area contributed by atoms with Crippen molar-refractivity contribution in [2.45, 2.75) is 33.1 Å². The molecule has 0 saturated heterocycles. The van der Waals surface area contributed by atoms with Gasteiger partial charge in [-0.1, -0.05) is 32.9 Å². The SMILES string of the molecule is Cc1c(N)nc(C(C)(C)C)nc1-c1cccc(C#N)c1. The second-order valence-corrected chi connectivity index (χ2v) is 5.85. The lowest BCUT2D eigenvalue weighted by atomic mass is 9.94. The van der Waals surface area contributed by atoms with E-state index in [2.05, 4.69) is 16.0 Å². The molecule has 4 nitrogen and oxygen atoms in total. The van der Waals surface area contributed by atoms with Crippen LogP contribution in [0.1, 0.15) is 37.7 Å². The fourth-order valence-corrected chi connectivity index (χ4v) is 1.89. The standard InChI is InChI=1S/C16H18N4/c1-10-13(12-7-5-6-11(8-12)9-17)19-15(16(2,3)4)20-14(10)18/h5-8H,1-4H3,(H2,18,19,20). The number of rotatable bonds is 1. The summed E-state index contributed by atoms with van der Waals surface area (Å²) in [5.74, 6) is 1.19. The summed E-state index contributed by atoms with van der Waals surface area (Å²) in [5, 5.41) is 9.01. The third kappa shape index (κ3) is 2.62. The van der Waals surface area contributed by atoms with E-state index >= 15 is 0 Å². The molecule has 0 aliphatic carbocycles. The number of anilines is 1. The second-order valence-electron chi connectivity index (χ2n) is 5.85. The molecule has 0 atom stereocenters. The Balaban J connectivity index is 2.67. The summed E-state index contributed by atoms with van der Waals surface area (Å²) in [6.07, 6.45) is 0. The van der Waals surface area contributed by atoms with Gasteiger partial charge in [0.05, 0.1) is 17.3 Å². The fraction of sp³-hybridized carbons (Fsp3) is 0.312. The van der Waals surface area contributed by atoms with Crippen LogP contribution in [0.25, 0.3) is 11.3 Å². The van der Waals surface area contributed by atoms with Crippen LogP contribution in [-0.2, 0) is 5.41 Å². The van der Waals surface area contributed by atoms with E-state index < -0.39 is 0 Å². The zero-order chi connectivity index (χ0) is 14.9. The molecule has 0 unspecified atom stereocenters. The van der Waals surface area contributed by atoms with Crippen molar-refractivity contribution in [2.24, 2.45) is 0 Å². The van der Waals surface area contributed by atoms with Crippen LogP contribution in [0.15, 0.2) is 24.3 Å². The number of nitrogens with zero attached hydrogens (tertiary/aromatic N) is 3. The third-order valence-electron chi connectivity index (χ3n) is 3.12. The zero-order valence-corrected chi connectivity index (χ0v) is 12.2. The van der Waals surface area contributed by atoms with Crippen molar-refractivity contribution in [3.63, 3.8) is 0 Å². The normalized spacial score (nSPS) is 11.2. The maximum atomic E-state index is 9.01. The van der Waals surface area contributed by atoms with Gasteiger partial charge in [0.15, 0.2) is 0 Å². The molecule has 1 aromatic heterocycles. The lowest BCUT2D eigenvalue weighted by Crippen LogP contribution is -2.18. The average Bonchev–Trinajstić information content (AvgIpc) is 2.40. The predicted molar refractivity (Wildman–Crippen MR) is 80.0 cm³/mol. The summed E-state index contributed by atoms with van der Waals surface area (Å²) in [5.41, 5.74) is 8.96. The van der Waals surface area contributed by atoms with Gasteiger partial charge < -0.3 is 5.73 Å². The summed E-state index contributed by atoms with van der Waals surface area (Å²) >= 11 is 0. The Morgan fingerprint density at radius 1 is 1.20 bits per heavy atom. The Morgan fingerprint density at radius 2 is 1.90 bits per heavy atom. The minimum absolute atomic E-state index is 0.177. The first-order valence-electron chi connectivity index (χ1n) is 6.48. The predicted octanol–water partition coefficient (Wildman–Crippen LogP) is 3.20. The lowest BCUT2D eigenvalue weighted by molar-refractivity contribution is 0.546. The molecule has 1 heterocycles. The van der Waals surface area contributed by atoms with Crippen LogP contribution >= 0.6 is 0 Å². The van der Waals surface area contributed by atoms with E-state index in [4.69, 9.17) is 11.0 Å². The molecule has 0 fully saturated rings. The molecule has 0 saturated carbocycles. The second kappa shape index (κ2) is 4.93. The van der Waals surface area contributed by atoms with Gasteiger partial charge in [-0.3, -0.25) is 0 Å². The van der Waals surface area contributed by atoms with E-state index in [1.807, 2.05) is 45.9 Å². The molecular weight excluding hydrogens is 248 g/mol. The monoisotopic (exact) mass is 266 g/mol. The molecule has 0 radical (unpaired) electrons. The van der Waals surface area contributed by atoms with Crippen LogP contribution < -0.4 is 5.73 Å². The van der Waals surface area contributed by atoms with E-state index in [0.717, 1.165) is 16.8 Å². The highest BCUT2D eigenvalue weighted by molar-refractivity contribution is 5.68. The highest BCUT2D eigenvalue weighted by Gasteiger charge is 2.20. The van der Waals surface area contributed by atoms with E-state index in [-0.39, 0.29) is 5.41 Å². The topological polar surface area (TPSA) is 75.6 Å². The molecule has 2 rings (SSSR count). The van der Waals surface area contributed by atoms with E-state index in [1.54, 1.807) is 6.07 Å². The maximum absolute atomic E-state index is 9.01. The molecule has 2 aromatic rings. The largest absolute Gasteiger partial charge is 0.383 e. The van der Waals surface area contributed by atoms with Crippen LogP contribution in [-0.4, -0.2) is 9.97 Å². The minimum atomic E-state index is -0.177. The molecule has 0 bridgehead atoms. The van der Waals surface area contributed by atoms with Crippen LogP contribution in [0, 0.1) is 18.3 Å². The molecule has 1 aromatic carbocycles. The number of nitrogens with two attached hydrogens (primary N) is 1. The Labute approximate surface area is 119 Å². The van der Waals surface area contributed by atoms with Gasteiger partial charge in [0.2, 0.25) is 0 Å². The summed E-state index contributed by atoms with van der Waals surface area (Å²) in [6, 6.07) is 9.52. The van der Waals surface area contributed by atoms with Gasteiger partial charge in [-0.05, 0) is 19.1 Å². The highest BCUT2D eigenvalue weighted by atomic mass is 15.0. The minimum Gasteiger partial charge on any atom is -0.383 e. The average molecular weight is 266 g/mol. The number of aromatic nitrogens is 2. The summed E-state index contributed by atoms with van der Waals surface area (Å²) in [4.78, 5) is 9.02. The highest BCUT2D eigenvalue weighted by Crippen LogP contribution is 2.28. The number of nitriles is 1. The van der Waals surface area contributed by atoms with Gasteiger partial charge in [0.25, 0.3) is 0 Å². The zero-order valence-electron chi connectivity index (χ0n) is 12.2. The smallest absolute Gasteiger partial charge is 0.136 e. The van der Waals surface area contributed by atoms with E-state index in [9.17, 15) is 0 Å². The van der Waals surface area contributed by atoms with Crippen LogP contribution in [0.3, 0.4) is 0 Å². The van der Waals surface area contributed by atoms with Crippen molar-refractivity contribution >= 4 is 5.82 Å². The summed E-state index contributed by atoms with van der Waals surface area (Å²) in [7, 11) is 0. The van der Waals surface area contributed by atoms with Crippen molar-refractivity contribution in [3.05, 3.63) is 41.2 Å². The summed E-state index contributed by atoms with van der Waals surface area (Å²) in [6.45, 7) is 8.04. The lowest BCUT2D eigenvalue weighted by Gasteiger charge is -2.19. The maximum Gasteiger partial charge on any atom is 0.136 e. The number of hydrogen-bond donors (Lipinski definition) is 1. The van der Waals surface area contributed by atoms with Crippen molar-refractivity contribution in [2.75, 3.05) is 5.73 Å². The Hall–Kier alpha value is -2.41. The quantitative estimate of drug-likeness (QED) is 0.860. The first-order valence-corrected chi connectivity index (χ1v) is 6.48. The number of nitrogen functional groups attached to an aromatic ring is 1. The third-order valence-corrected chi connectivity index (χ3v) is 3.12. The van der Waals surface area contributed by atoms with Gasteiger partial charge in [-0.15, -0.1) is 0 Å². The van der Waals surface area contributed by atoms with Crippen molar-refractivity contribution in [1.29, 1.82) is 5.26 Å². The van der Waals surface area contributed by atoms with Gasteiger partial charge in [-0.2, -0.15) is 5.26 Å². The molecule has 0 aliphatic rings. The van der Waals surface area contributed by atoms with Crippen LogP contribution in [0.5, 0.6) is 0 Å². The molecule has 0 spiro atoms. The molecule has 20 heavy (non-hydrogen) atoms. The summed E-state index contributed by atoms with van der Waals surface area (Å²) < 4.78 is 0. The first kappa shape index (κ1) is 14.0. The van der Waals surface area contributed by atoms with Crippen molar-refractivity contribution in [3.8, 4) is 17.3 Å². The van der Waals surface area contributed by atoms with Crippen LogP contribution in [0.2, 0.25) is 0 Å². The van der Waals surface area contributed by atoms with Crippen LogP contribution in [0.4, 0.5) is 5.82 Å². The van der Waals surface area contributed by atoms with Crippen molar-refractivity contribution < 1.29 is 0 Å². The van der Waals surface area contributed by atoms with Crippen molar-refractivity contribution in [1.82, 2.24) is 9.97 Å². The van der Waals surface area contributed by atoms with Gasteiger partial charge in [0, 0.05) is 16.5 Å². The van der Waals surface area contributed by atoms with E-state index in [0.29, 0.717) is 17.2 Å². The van der Waals surface area contributed by atoms with E-state index in [1.165, 1.54) is 0 Å². The molecule has 102 valence electrons. The molecular formula is C16H18N4. The molecule has 2 N–H and O–H groups in total. The Kier molecular flexibility index (Phi) is 3.46. The fourth-order valence-electron chi connectivity index (χ4n) is 1.89. The van der Waals surface area contributed by atoms with Gasteiger partial charge in [0.1, 0.15) is 11.6 Å². The number of hydrogen-bond acceptors (Lipinski definition) is 4. The number of benzene rings is 1. The molecule has 0 amide bonds. The van der Waals surface area contributed by atoms with Gasteiger partial charge >= 0.3 is 0 Å². The molecule has 4 heteroatoms. The Morgan fingerprint density at radius 3 is 2.50 bits per heavy atom. The van der Waals surface area contributed by atoms with Gasteiger partial charge in [-0.25, -0.2) is 9.97 Å². The molecule has 0 aliphatic heterocycles. The first-order chi connectivity index (χ1) is 9.32.